The third-order valence-corrected chi connectivity index (χ3v) is 5.20. The van der Waals surface area contributed by atoms with Crippen LogP contribution in [-0.2, 0) is 11.4 Å². The number of hydrogen-bond donors (Lipinski definition) is 1. The first-order valence-corrected chi connectivity index (χ1v) is 10.5. The number of halogens is 1. The zero-order chi connectivity index (χ0) is 21.7. The Balaban J connectivity index is 1.60. The molecule has 1 fully saturated rings. The molecule has 0 saturated carbocycles. The summed E-state index contributed by atoms with van der Waals surface area (Å²) < 4.78 is 15.2. The molecule has 1 saturated heterocycles. The molecule has 30 heavy (non-hydrogen) atoms. The van der Waals surface area contributed by atoms with E-state index in [1.165, 1.54) is 0 Å². The van der Waals surface area contributed by atoms with Crippen LogP contribution in [0.2, 0.25) is 0 Å². The van der Waals surface area contributed by atoms with E-state index in [9.17, 15) is 0 Å². The molecule has 0 amide bonds. The lowest BCUT2D eigenvalue weighted by molar-refractivity contribution is -0.144. The van der Waals surface area contributed by atoms with Crippen molar-refractivity contribution < 1.29 is 9.23 Å². The van der Waals surface area contributed by atoms with Crippen LogP contribution in [0, 0.1) is 5.82 Å². The summed E-state index contributed by atoms with van der Waals surface area (Å²) in [6.07, 6.45) is 3.30. The zero-order valence-corrected chi connectivity index (χ0v) is 18.6. The van der Waals surface area contributed by atoms with E-state index >= 15 is 4.39 Å². The molecule has 2 heterocycles. The van der Waals surface area contributed by atoms with E-state index in [-0.39, 0.29) is 24.0 Å². The monoisotopic (exact) mass is 416 g/mol. The maximum absolute atomic E-state index is 15.2. The van der Waals surface area contributed by atoms with Gasteiger partial charge in [0.15, 0.2) is 5.82 Å². The molecule has 0 atom stereocenters. The normalized spacial score (nSPS) is 15.3. The Labute approximate surface area is 178 Å². The van der Waals surface area contributed by atoms with Gasteiger partial charge in [0.2, 0.25) is 0 Å². The fraction of sp³-hybridized carbons (Fsp3) is 0.545. The van der Waals surface area contributed by atoms with Crippen LogP contribution in [0.15, 0.2) is 36.8 Å². The maximum Gasteiger partial charge on any atom is 0.152 e. The summed E-state index contributed by atoms with van der Waals surface area (Å²) >= 11 is 0. The van der Waals surface area contributed by atoms with Gasteiger partial charge in [0, 0.05) is 49.5 Å². The topological polar surface area (TPSA) is 56.8 Å². The molecule has 8 heteroatoms. The molecule has 1 N–H and O–H groups in total. The summed E-state index contributed by atoms with van der Waals surface area (Å²) in [7, 11) is 0. The average Bonchev–Trinajstić information content (AvgIpc) is 2.72. The van der Waals surface area contributed by atoms with Crippen molar-refractivity contribution in [1.29, 1.82) is 0 Å². The number of aromatic nitrogens is 2. The van der Waals surface area contributed by atoms with Gasteiger partial charge in [0.1, 0.15) is 12.1 Å². The van der Waals surface area contributed by atoms with Gasteiger partial charge in [-0.3, -0.25) is 4.84 Å². The van der Waals surface area contributed by atoms with Crippen molar-refractivity contribution in [3.8, 4) is 0 Å². The molecule has 7 nitrogen and oxygen atoms in total. The quantitative estimate of drug-likeness (QED) is 0.695. The number of piperazine rings is 1. The van der Waals surface area contributed by atoms with Crippen molar-refractivity contribution >= 4 is 11.5 Å². The number of benzene rings is 1. The molecule has 1 aromatic carbocycles. The molecule has 0 aliphatic carbocycles. The molecule has 1 aliphatic heterocycles. The highest BCUT2D eigenvalue weighted by molar-refractivity contribution is 5.52. The summed E-state index contributed by atoms with van der Waals surface area (Å²) in [5.41, 5.74) is 4.04. The third kappa shape index (κ3) is 5.44. The Bertz CT molecular complexity index is 803. The standard InChI is InChI=1S/C22H33FN6O/c1-17(2)29(22(3,4)5)26-30-15-18-7-6-8-19(21(18)23)27-11-13-28(14-12-27)20-9-10-24-16-25-20/h6-10,16-17,26H,11-15H2,1-5H3. The first kappa shape index (κ1) is 22.4. The van der Waals surface area contributed by atoms with E-state index in [2.05, 4.69) is 60.0 Å². The van der Waals surface area contributed by atoms with E-state index in [0.29, 0.717) is 11.3 Å². The molecule has 0 bridgehead atoms. The van der Waals surface area contributed by atoms with Gasteiger partial charge in [-0.1, -0.05) is 12.1 Å². The predicted molar refractivity (Wildman–Crippen MR) is 118 cm³/mol. The number of hydrogen-bond acceptors (Lipinski definition) is 7. The zero-order valence-electron chi connectivity index (χ0n) is 18.6. The second-order valence-corrected chi connectivity index (χ2v) is 8.81. The first-order valence-electron chi connectivity index (χ1n) is 10.5. The highest BCUT2D eigenvalue weighted by atomic mass is 19.1. The van der Waals surface area contributed by atoms with Crippen LogP contribution in [0.1, 0.15) is 40.2 Å². The van der Waals surface area contributed by atoms with E-state index in [4.69, 9.17) is 4.84 Å². The van der Waals surface area contributed by atoms with Crippen molar-refractivity contribution in [2.45, 2.75) is 52.8 Å². The van der Waals surface area contributed by atoms with Crippen molar-refractivity contribution in [3.05, 3.63) is 48.2 Å². The van der Waals surface area contributed by atoms with Crippen LogP contribution >= 0.6 is 0 Å². The largest absolute Gasteiger partial charge is 0.366 e. The molecule has 1 aromatic heterocycles. The maximum atomic E-state index is 15.2. The minimum absolute atomic E-state index is 0.113. The molecular formula is C22H33FN6O. The summed E-state index contributed by atoms with van der Waals surface area (Å²) in [5, 5.41) is 2.01. The predicted octanol–water partition coefficient (Wildman–Crippen LogP) is 3.39. The Kier molecular flexibility index (Phi) is 7.23. The Hall–Kier alpha value is -2.29. The number of nitrogens with one attached hydrogen (secondary N) is 1. The highest BCUT2D eigenvalue weighted by Crippen LogP contribution is 2.25. The fourth-order valence-electron chi connectivity index (χ4n) is 3.77. The van der Waals surface area contributed by atoms with E-state index in [1.54, 1.807) is 18.6 Å². The van der Waals surface area contributed by atoms with Gasteiger partial charge in [-0.25, -0.2) is 19.4 Å². The van der Waals surface area contributed by atoms with Gasteiger partial charge in [-0.05, 0) is 46.8 Å². The molecule has 2 aromatic rings. The molecule has 0 spiro atoms. The summed E-state index contributed by atoms with van der Waals surface area (Å²) in [4.78, 5) is 18.2. The number of hydrazine groups is 1. The number of anilines is 2. The van der Waals surface area contributed by atoms with Crippen molar-refractivity contribution in [2.24, 2.45) is 0 Å². The van der Waals surface area contributed by atoms with E-state index in [1.807, 2.05) is 23.2 Å². The van der Waals surface area contributed by atoms with Gasteiger partial charge < -0.3 is 9.80 Å². The first-order chi connectivity index (χ1) is 14.3. The molecule has 0 radical (unpaired) electrons. The Morgan fingerprint density at radius 3 is 2.43 bits per heavy atom. The second-order valence-electron chi connectivity index (χ2n) is 8.81. The van der Waals surface area contributed by atoms with Crippen LogP contribution in [0.3, 0.4) is 0 Å². The average molecular weight is 417 g/mol. The van der Waals surface area contributed by atoms with Crippen LogP contribution in [0.4, 0.5) is 15.9 Å². The van der Waals surface area contributed by atoms with Crippen molar-refractivity contribution in [2.75, 3.05) is 36.0 Å². The van der Waals surface area contributed by atoms with E-state index in [0.717, 1.165) is 32.0 Å². The van der Waals surface area contributed by atoms with Gasteiger partial charge in [-0.2, -0.15) is 0 Å². The van der Waals surface area contributed by atoms with Crippen LogP contribution < -0.4 is 15.4 Å². The minimum atomic E-state index is -0.221. The van der Waals surface area contributed by atoms with Crippen molar-refractivity contribution in [1.82, 2.24) is 20.6 Å². The lowest BCUT2D eigenvalue weighted by Gasteiger charge is -2.38. The smallest absolute Gasteiger partial charge is 0.152 e. The van der Waals surface area contributed by atoms with Gasteiger partial charge in [0.05, 0.1) is 12.3 Å². The third-order valence-electron chi connectivity index (χ3n) is 5.20. The molecule has 164 valence electrons. The molecular weight excluding hydrogens is 383 g/mol. The fourth-order valence-corrected chi connectivity index (χ4v) is 3.77. The summed E-state index contributed by atoms with van der Waals surface area (Å²) in [6, 6.07) is 7.64. The minimum Gasteiger partial charge on any atom is -0.366 e. The Morgan fingerprint density at radius 1 is 1.13 bits per heavy atom. The lowest BCUT2D eigenvalue weighted by Crippen LogP contribution is -2.53. The second kappa shape index (κ2) is 9.68. The van der Waals surface area contributed by atoms with Gasteiger partial charge in [0.25, 0.3) is 0 Å². The van der Waals surface area contributed by atoms with Crippen LogP contribution in [-0.4, -0.2) is 52.7 Å². The van der Waals surface area contributed by atoms with Crippen LogP contribution in [0.25, 0.3) is 0 Å². The van der Waals surface area contributed by atoms with Gasteiger partial charge >= 0.3 is 0 Å². The SMILES string of the molecule is CC(C)N(NOCc1cccc(N2CCN(c3ccncn3)CC2)c1F)C(C)(C)C. The lowest BCUT2D eigenvalue weighted by atomic mass is 10.1. The summed E-state index contributed by atoms with van der Waals surface area (Å²) in [6.45, 7) is 13.7. The molecule has 1 aliphatic rings. The summed E-state index contributed by atoms with van der Waals surface area (Å²) in [5.74, 6) is 0.688. The van der Waals surface area contributed by atoms with E-state index < -0.39 is 0 Å². The number of rotatable bonds is 7. The molecule has 0 unspecified atom stereocenters. The molecule has 3 rings (SSSR count). The van der Waals surface area contributed by atoms with Crippen molar-refractivity contribution in [3.63, 3.8) is 0 Å². The van der Waals surface area contributed by atoms with Crippen LogP contribution in [0.5, 0.6) is 0 Å². The highest BCUT2D eigenvalue weighted by Gasteiger charge is 2.25. The van der Waals surface area contributed by atoms with Gasteiger partial charge in [-0.15, -0.1) is 5.59 Å². The number of nitrogens with zero attached hydrogens (tertiary/aromatic N) is 5. The Morgan fingerprint density at radius 2 is 1.83 bits per heavy atom.